The van der Waals surface area contributed by atoms with Crippen LogP contribution in [0.15, 0.2) is 48.7 Å². The number of nitrogens with zero attached hydrogens (tertiary/aromatic N) is 2. The predicted octanol–water partition coefficient (Wildman–Crippen LogP) is 3.89. The molecule has 0 unspecified atom stereocenters. The van der Waals surface area contributed by atoms with Crippen molar-refractivity contribution in [2.45, 2.75) is 13.3 Å². The van der Waals surface area contributed by atoms with Gasteiger partial charge in [-0.2, -0.15) is 0 Å². The van der Waals surface area contributed by atoms with E-state index in [1.807, 2.05) is 24.3 Å². The second-order valence-corrected chi connectivity index (χ2v) is 4.54. The van der Waals surface area contributed by atoms with Gasteiger partial charge >= 0.3 is 0 Å². The SMILES string of the molecule is CCCOc1cn[c]c(-c2cccc3ccccc23)n1. The Labute approximate surface area is 118 Å². The van der Waals surface area contributed by atoms with Gasteiger partial charge in [-0.25, -0.2) is 9.97 Å². The van der Waals surface area contributed by atoms with E-state index in [9.17, 15) is 0 Å². The van der Waals surface area contributed by atoms with Crippen LogP contribution in [-0.4, -0.2) is 16.6 Å². The summed E-state index contributed by atoms with van der Waals surface area (Å²) >= 11 is 0. The molecule has 0 amide bonds. The van der Waals surface area contributed by atoms with Gasteiger partial charge in [0, 0.05) is 5.56 Å². The molecule has 0 aliphatic heterocycles. The summed E-state index contributed by atoms with van der Waals surface area (Å²) in [5.41, 5.74) is 1.74. The van der Waals surface area contributed by atoms with Gasteiger partial charge in [0.1, 0.15) is 11.9 Å². The van der Waals surface area contributed by atoms with Gasteiger partial charge in [0.2, 0.25) is 5.88 Å². The summed E-state index contributed by atoms with van der Waals surface area (Å²) in [7, 11) is 0. The van der Waals surface area contributed by atoms with Gasteiger partial charge in [0.15, 0.2) is 0 Å². The molecule has 1 heterocycles. The Morgan fingerprint density at radius 3 is 2.85 bits per heavy atom. The molecule has 3 rings (SSSR count). The van der Waals surface area contributed by atoms with Gasteiger partial charge in [-0.15, -0.1) is 0 Å². The van der Waals surface area contributed by atoms with Crippen molar-refractivity contribution in [3.63, 3.8) is 0 Å². The lowest BCUT2D eigenvalue weighted by atomic mass is 10.0. The number of fused-ring (bicyclic) bond motifs is 1. The largest absolute Gasteiger partial charge is 0.477 e. The van der Waals surface area contributed by atoms with Crippen molar-refractivity contribution < 1.29 is 4.74 Å². The van der Waals surface area contributed by atoms with E-state index < -0.39 is 0 Å². The van der Waals surface area contributed by atoms with Crippen LogP contribution in [0.2, 0.25) is 0 Å². The summed E-state index contributed by atoms with van der Waals surface area (Å²) in [5, 5.41) is 2.33. The molecule has 2 aromatic carbocycles. The second-order valence-electron chi connectivity index (χ2n) is 4.54. The number of ether oxygens (including phenoxy) is 1. The van der Waals surface area contributed by atoms with E-state index in [2.05, 4.69) is 41.3 Å². The zero-order valence-electron chi connectivity index (χ0n) is 11.3. The molecule has 0 saturated heterocycles. The third-order valence-electron chi connectivity index (χ3n) is 3.07. The van der Waals surface area contributed by atoms with Crippen molar-refractivity contribution in [1.82, 2.24) is 9.97 Å². The van der Waals surface area contributed by atoms with Crippen LogP contribution in [0, 0.1) is 6.20 Å². The Balaban J connectivity index is 2.06. The number of aromatic nitrogens is 2. The molecule has 0 aliphatic rings. The second kappa shape index (κ2) is 5.70. The summed E-state index contributed by atoms with van der Waals surface area (Å²) in [6.07, 6.45) is 5.50. The molecule has 1 radical (unpaired) electrons. The van der Waals surface area contributed by atoms with Crippen LogP contribution in [0.1, 0.15) is 13.3 Å². The first-order chi connectivity index (χ1) is 9.88. The number of hydrogen-bond acceptors (Lipinski definition) is 3. The maximum atomic E-state index is 5.54. The normalized spacial score (nSPS) is 10.7. The fraction of sp³-hybridized carbons (Fsp3) is 0.176. The van der Waals surface area contributed by atoms with Crippen molar-refractivity contribution >= 4 is 10.8 Å². The lowest BCUT2D eigenvalue weighted by Crippen LogP contribution is -1.99. The molecule has 3 heteroatoms. The third kappa shape index (κ3) is 2.48. The minimum absolute atomic E-state index is 0.550. The Kier molecular flexibility index (Phi) is 3.59. The van der Waals surface area contributed by atoms with E-state index in [1.54, 1.807) is 6.20 Å². The van der Waals surface area contributed by atoms with E-state index in [-0.39, 0.29) is 0 Å². The summed E-state index contributed by atoms with van der Waals surface area (Å²) in [5.74, 6) is 0.550. The molecule has 0 fully saturated rings. The summed E-state index contributed by atoms with van der Waals surface area (Å²) in [4.78, 5) is 8.60. The lowest BCUT2D eigenvalue weighted by molar-refractivity contribution is 0.304. The molecule has 20 heavy (non-hydrogen) atoms. The zero-order valence-corrected chi connectivity index (χ0v) is 11.3. The fourth-order valence-corrected chi connectivity index (χ4v) is 2.14. The molecule has 0 N–H and O–H groups in total. The molecule has 0 spiro atoms. The van der Waals surface area contributed by atoms with Crippen molar-refractivity contribution in [1.29, 1.82) is 0 Å². The van der Waals surface area contributed by atoms with Gasteiger partial charge in [-0.1, -0.05) is 49.4 Å². The van der Waals surface area contributed by atoms with Gasteiger partial charge in [-0.3, -0.25) is 0 Å². The quantitative estimate of drug-likeness (QED) is 0.716. The molecule has 0 aliphatic carbocycles. The Hall–Kier alpha value is -2.42. The van der Waals surface area contributed by atoms with E-state index in [0.717, 1.165) is 23.1 Å². The molecule has 99 valence electrons. The maximum absolute atomic E-state index is 5.54. The van der Waals surface area contributed by atoms with Crippen LogP contribution in [-0.2, 0) is 0 Å². The van der Waals surface area contributed by atoms with Gasteiger partial charge in [0.25, 0.3) is 0 Å². The van der Waals surface area contributed by atoms with Crippen LogP contribution in [0.25, 0.3) is 22.0 Å². The molecule has 0 atom stereocenters. The predicted molar refractivity (Wildman–Crippen MR) is 79.6 cm³/mol. The van der Waals surface area contributed by atoms with Crippen LogP contribution in [0.3, 0.4) is 0 Å². The topological polar surface area (TPSA) is 35.0 Å². The monoisotopic (exact) mass is 263 g/mol. The highest BCUT2D eigenvalue weighted by atomic mass is 16.5. The summed E-state index contributed by atoms with van der Waals surface area (Å²) < 4.78 is 5.54. The molecule has 0 bridgehead atoms. The first kappa shape index (κ1) is 12.6. The molecular weight excluding hydrogens is 248 g/mol. The minimum Gasteiger partial charge on any atom is -0.477 e. The lowest BCUT2D eigenvalue weighted by Gasteiger charge is -2.07. The third-order valence-corrected chi connectivity index (χ3v) is 3.07. The summed E-state index contributed by atoms with van der Waals surface area (Å²) in [6.45, 7) is 2.71. The van der Waals surface area contributed by atoms with Gasteiger partial charge in [0.05, 0.1) is 12.8 Å². The molecule has 3 nitrogen and oxygen atoms in total. The van der Waals surface area contributed by atoms with Crippen LogP contribution in [0.5, 0.6) is 5.88 Å². The maximum Gasteiger partial charge on any atom is 0.232 e. The van der Waals surface area contributed by atoms with Gasteiger partial charge in [-0.05, 0) is 17.2 Å². The highest BCUT2D eigenvalue weighted by Gasteiger charge is 2.07. The van der Waals surface area contributed by atoms with E-state index >= 15 is 0 Å². The molecule has 3 aromatic rings. The van der Waals surface area contributed by atoms with Crippen LogP contribution in [0.4, 0.5) is 0 Å². The van der Waals surface area contributed by atoms with Crippen LogP contribution < -0.4 is 4.74 Å². The first-order valence-electron chi connectivity index (χ1n) is 6.74. The smallest absolute Gasteiger partial charge is 0.232 e. The van der Waals surface area contributed by atoms with Gasteiger partial charge < -0.3 is 4.74 Å². The van der Waals surface area contributed by atoms with E-state index in [0.29, 0.717) is 12.5 Å². The van der Waals surface area contributed by atoms with Crippen LogP contribution >= 0.6 is 0 Å². The Morgan fingerprint density at radius 2 is 1.95 bits per heavy atom. The van der Waals surface area contributed by atoms with E-state index in [1.165, 1.54) is 5.39 Å². The molecule has 0 saturated carbocycles. The number of hydrogen-bond donors (Lipinski definition) is 0. The van der Waals surface area contributed by atoms with Crippen molar-refractivity contribution in [2.24, 2.45) is 0 Å². The number of rotatable bonds is 4. The van der Waals surface area contributed by atoms with Crippen molar-refractivity contribution in [3.8, 4) is 17.1 Å². The summed E-state index contributed by atoms with van der Waals surface area (Å²) in [6, 6.07) is 14.4. The Morgan fingerprint density at radius 1 is 1.10 bits per heavy atom. The van der Waals surface area contributed by atoms with Crippen molar-refractivity contribution in [2.75, 3.05) is 6.61 Å². The van der Waals surface area contributed by atoms with E-state index in [4.69, 9.17) is 4.74 Å². The van der Waals surface area contributed by atoms with Crippen molar-refractivity contribution in [3.05, 3.63) is 54.9 Å². The molecule has 1 aromatic heterocycles. The highest BCUT2D eigenvalue weighted by molar-refractivity contribution is 5.95. The zero-order chi connectivity index (χ0) is 13.8. The average Bonchev–Trinajstić information content (AvgIpc) is 2.52. The Bertz CT molecular complexity index is 720. The highest BCUT2D eigenvalue weighted by Crippen LogP contribution is 2.27. The number of benzene rings is 2. The standard InChI is InChI=1S/C17H15N2O/c1-2-10-20-17-12-18-11-16(19-17)15-9-5-7-13-6-3-4-8-14(13)15/h3-9,12H,2,10H2,1H3. The minimum atomic E-state index is 0.550. The molecular formula is C17H15N2O. The first-order valence-corrected chi connectivity index (χ1v) is 6.74. The fourth-order valence-electron chi connectivity index (χ4n) is 2.14. The average molecular weight is 263 g/mol.